The average Bonchev–Trinajstić information content (AvgIpc) is 3.17. The standard InChI is InChI=1S/C24H24N4O5/c1-27-12-20(15-6-5-7-17(8-15)31-2)22-23(27)24(30)28(14-25-22)13-21(29)26-16-9-18(32-3)11-19(10-16)33-4/h5-12,14H,13H2,1-4H3,(H,26,29). The van der Waals surface area contributed by atoms with Crippen LogP contribution >= 0.6 is 0 Å². The Morgan fingerprint density at radius 3 is 2.36 bits per heavy atom. The summed E-state index contributed by atoms with van der Waals surface area (Å²) < 4.78 is 18.8. The molecule has 9 nitrogen and oxygen atoms in total. The summed E-state index contributed by atoms with van der Waals surface area (Å²) in [6, 6.07) is 12.6. The number of benzene rings is 2. The monoisotopic (exact) mass is 448 g/mol. The lowest BCUT2D eigenvalue weighted by Crippen LogP contribution is -2.28. The molecule has 1 amide bonds. The predicted octanol–water partition coefficient (Wildman–Crippen LogP) is 3.07. The Morgan fingerprint density at radius 2 is 1.70 bits per heavy atom. The fourth-order valence-corrected chi connectivity index (χ4v) is 3.66. The fraction of sp³-hybridized carbons (Fsp3) is 0.208. The van der Waals surface area contributed by atoms with Crippen LogP contribution in [0.2, 0.25) is 0 Å². The molecule has 2 aromatic heterocycles. The van der Waals surface area contributed by atoms with Crippen molar-refractivity contribution >= 4 is 22.6 Å². The van der Waals surface area contributed by atoms with Gasteiger partial charge in [-0.25, -0.2) is 4.98 Å². The van der Waals surface area contributed by atoms with E-state index in [9.17, 15) is 9.59 Å². The number of aromatic nitrogens is 3. The molecule has 0 fully saturated rings. The molecule has 0 aliphatic heterocycles. The van der Waals surface area contributed by atoms with Crippen LogP contribution in [0.15, 0.2) is 59.8 Å². The summed E-state index contributed by atoms with van der Waals surface area (Å²) in [5.74, 6) is 1.41. The number of hydrogen-bond donors (Lipinski definition) is 1. The lowest BCUT2D eigenvalue weighted by molar-refractivity contribution is -0.116. The van der Waals surface area contributed by atoms with Gasteiger partial charge in [-0.3, -0.25) is 14.2 Å². The van der Waals surface area contributed by atoms with Gasteiger partial charge >= 0.3 is 0 Å². The SMILES string of the molecule is COc1cc(NC(=O)Cn2cnc3c(-c4cccc(OC)c4)cn(C)c3c2=O)cc(OC)c1. The molecule has 0 aliphatic carbocycles. The van der Waals surface area contributed by atoms with E-state index in [2.05, 4.69) is 10.3 Å². The molecular formula is C24H24N4O5. The topological polar surface area (TPSA) is 96.6 Å². The van der Waals surface area contributed by atoms with E-state index in [1.807, 2.05) is 30.5 Å². The second kappa shape index (κ2) is 9.07. The highest BCUT2D eigenvalue weighted by molar-refractivity contribution is 5.93. The number of carbonyl (C=O) groups excluding carboxylic acids is 1. The number of rotatable bonds is 7. The fourth-order valence-electron chi connectivity index (χ4n) is 3.66. The van der Waals surface area contributed by atoms with Gasteiger partial charge in [-0.1, -0.05) is 12.1 Å². The van der Waals surface area contributed by atoms with Gasteiger partial charge in [-0.2, -0.15) is 0 Å². The van der Waals surface area contributed by atoms with Gasteiger partial charge in [0.25, 0.3) is 5.56 Å². The van der Waals surface area contributed by atoms with E-state index in [1.165, 1.54) is 25.1 Å². The van der Waals surface area contributed by atoms with Gasteiger partial charge < -0.3 is 24.1 Å². The molecule has 2 heterocycles. The summed E-state index contributed by atoms with van der Waals surface area (Å²) in [6.45, 7) is -0.193. The normalized spacial score (nSPS) is 10.8. The molecule has 0 saturated heterocycles. The molecular weight excluding hydrogens is 424 g/mol. The van der Waals surface area contributed by atoms with E-state index in [4.69, 9.17) is 14.2 Å². The van der Waals surface area contributed by atoms with E-state index in [0.29, 0.717) is 34.0 Å². The van der Waals surface area contributed by atoms with Gasteiger partial charge in [0, 0.05) is 42.7 Å². The maximum Gasteiger partial charge on any atom is 0.278 e. The molecule has 9 heteroatoms. The first kappa shape index (κ1) is 21.9. The molecule has 0 aliphatic rings. The quantitative estimate of drug-likeness (QED) is 0.467. The van der Waals surface area contributed by atoms with Crippen molar-refractivity contribution in [3.63, 3.8) is 0 Å². The third-order valence-corrected chi connectivity index (χ3v) is 5.27. The van der Waals surface area contributed by atoms with Gasteiger partial charge in [0.1, 0.15) is 34.8 Å². The number of anilines is 1. The van der Waals surface area contributed by atoms with E-state index >= 15 is 0 Å². The van der Waals surface area contributed by atoms with Crippen LogP contribution in [0.1, 0.15) is 0 Å². The highest BCUT2D eigenvalue weighted by atomic mass is 16.5. The molecule has 4 rings (SSSR count). The van der Waals surface area contributed by atoms with Crippen molar-refractivity contribution in [2.45, 2.75) is 6.54 Å². The molecule has 33 heavy (non-hydrogen) atoms. The Morgan fingerprint density at radius 1 is 1.00 bits per heavy atom. The van der Waals surface area contributed by atoms with Crippen LogP contribution in [0.4, 0.5) is 5.69 Å². The zero-order valence-corrected chi connectivity index (χ0v) is 18.8. The van der Waals surface area contributed by atoms with Crippen LogP contribution in [-0.2, 0) is 18.4 Å². The van der Waals surface area contributed by atoms with Crippen molar-refractivity contribution in [1.29, 1.82) is 0 Å². The molecule has 4 aromatic rings. The molecule has 0 atom stereocenters. The summed E-state index contributed by atoms with van der Waals surface area (Å²) in [6.07, 6.45) is 3.24. The Labute approximate surface area is 190 Å². The third kappa shape index (κ3) is 4.38. The Kier molecular flexibility index (Phi) is 6.03. The first-order valence-electron chi connectivity index (χ1n) is 10.1. The van der Waals surface area contributed by atoms with Crippen LogP contribution in [0, 0.1) is 0 Å². The second-order valence-corrected chi connectivity index (χ2v) is 7.41. The average molecular weight is 448 g/mol. The number of ether oxygens (including phenoxy) is 3. The van der Waals surface area contributed by atoms with Crippen LogP contribution < -0.4 is 25.1 Å². The molecule has 170 valence electrons. The minimum atomic E-state index is -0.379. The minimum absolute atomic E-state index is 0.193. The van der Waals surface area contributed by atoms with E-state index < -0.39 is 0 Å². The van der Waals surface area contributed by atoms with Gasteiger partial charge in [0.2, 0.25) is 5.91 Å². The van der Waals surface area contributed by atoms with Crippen molar-refractivity contribution in [3.05, 3.63) is 65.3 Å². The molecule has 0 spiro atoms. The van der Waals surface area contributed by atoms with E-state index in [-0.39, 0.29) is 18.0 Å². The highest BCUT2D eigenvalue weighted by Crippen LogP contribution is 2.29. The molecule has 0 radical (unpaired) electrons. The Bertz CT molecular complexity index is 1370. The van der Waals surface area contributed by atoms with Crippen LogP contribution in [-0.4, -0.2) is 41.4 Å². The van der Waals surface area contributed by atoms with Gasteiger partial charge in [-0.05, 0) is 17.7 Å². The predicted molar refractivity (Wildman–Crippen MR) is 125 cm³/mol. The zero-order valence-electron chi connectivity index (χ0n) is 18.8. The van der Waals surface area contributed by atoms with Crippen molar-refractivity contribution < 1.29 is 19.0 Å². The summed E-state index contributed by atoms with van der Waals surface area (Å²) in [5.41, 5.74) is 2.85. The van der Waals surface area contributed by atoms with Crippen LogP contribution in [0.5, 0.6) is 17.2 Å². The number of aryl methyl sites for hydroxylation is 1. The number of methoxy groups -OCH3 is 3. The maximum absolute atomic E-state index is 13.2. The van der Waals surface area contributed by atoms with Gasteiger partial charge in [0.05, 0.1) is 27.7 Å². The van der Waals surface area contributed by atoms with Crippen molar-refractivity contribution in [1.82, 2.24) is 14.1 Å². The molecule has 0 bridgehead atoms. The lowest BCUT2D eigenvalue weighted by atomic mass is 10.1. The summed E-state index contributed by atoms with van der Waals surface area (Å²) in [4.78, 5) is 30.3. The van der Waals surface area contributed by atoms with E-state index in [1.54, 1.807) is 36.9 Å². The number of amides is 1. The smallest absolute Gasteiger partial charge is 0.278 e. The lowest BCUT2D eigenvalue weighted by Gasteiger charge is -2.11. The zero-order chi connectivity index (χ0) is 23.5. The van der Waals surface area contributed by atoms with Crippen LogP contribution in [0.25, 0.3) is 22.2 Å². The summed E-state index contributed by atoms with van der Waals surface area (Å²) in [5, 5.41) is 2.77. The number of hydrogen-bond acceptors (Lipinski definition) is 6. The largest absolute Gasteiger partial charge is 0.497 e. The molecule has 0 saturated carbocycles. The molecule has 2 aromatic carbocycles. The molecule has 1 N–H and O–H groups in total. The summed E-state index contributed by atoms with van der Waals surface area (Å²) in [7, 11) is 6.44. The number of fused-ring (bicyclic) bond motifs is 1. The number of nitrogens with zero attached hydrogens (tertiary/aromatic N) is 3. The van der Waals surface area contributed by atoms with Crippen molar-refractivity contribution in [3.8, 4) is 28.4 Å². The van der Waals surface area contributed by atoms with E-state index in [0.717, 1.165) is 11.1 Å². The summed E-state index contributed by atoms with van der Waals surface area (Å²) >= 11 is 0. The number of carbonyl (C=O) groups is 1. The first-order valence-corrected chi connectivity index (χ1v) is 10.1. The third-order valence-electron chi connectivity index (χ3n) is 5.27. The first-order chi connectivity index (χ1) is 15.9. The maximum atomic E-state index is 13.2. The second-order valence-electron chi connectivity index (χ2n) is 7.41. The Balaban J connectivity index is 1.63. The van der Waals surface area contributed by atoms with Crippen molar-refractivity contribution in [2.24, 2.45) is 7.05 Å². The molecule has 0 unspecified atom stereocenters. The van der Waals surface area contributed by atoms with Crippen LogP contribution in [0.3, 0.4) is 0 Å². The minimum Gasteiger partial charge on any atom is -0.497 e. The van der Waals surface area contributed by atoms with Crippen molar-refractivity contribution in [2.75, 3.05) is 26.6 Å². The Hall–Kier alpha value is -4.27. The van der Waals surface area contributed by atoms with Gasteiger partial charge in [0.15, 0.2) is 0 Å². The van der Waals surface area contributed by atoms with Gasteiger partial charge in [-0.15, -0.1) is 0 Å². The number of nitrogens with one attached hydrogen (secondary N) is 1. The highest BCUT2D eigenvalue weighted by Gasteiger charge is 2.16.